The largest absolute Gasteiger partial charge is 0.391 e. The second-order valence-electron chi connectivity index (χ2n) is 6.56. The van der Waals surface area contributed by atoms with Crippen molar-refractivity contribution in [3.05, 3.63) is 54.0 Å². The Morgan fingerprint density at radius 1 is 1.38 bits per heavy atom. The number of carbonyl (C=O) groups excluding carboxylic acids is 1. The molecule has 6 nitrogen and oxygen atoms in total. The van der Waals surface area contributed by atoms with Crippen LogP contribution in [0.1, 0.15) is 12.0 Å². The second-order valence-corrected chi connectivity index (χ2v) is 6.56. The lowest BCUT2D eigenvalue weighted by molar-refractivity contribution is -0.119. The number of nitrogens with zero attached hydrogens (tertiary/aromatic N) is 2. The van der Waals surface area contributed by atoms with Crippen molar-refractivity contribution < 1.29 is 14.3 Å². The number of halogens is 1. The highest BCUT2D eigenvalue weighted by molar-refractivity contribution is 5.97. The van der Waals surface area contributed by atoms with E-state index in [2.05, 4.69) is 15.7 Å². The van der Waals surface area contributed by atoms with E-state index in [9.17, 15) is 14.3 Å². The molecule has 3 aromatic rings. The predicted octanol–water partition coefficient (Wildman–Crippen LogP) is 2.13. The first kappa shape index (κ1) is 16.7. The predicted molar refractivity (Wildman–Crippen MR) is 96.8 cm³/mol. The Balaban J connectivity index is 1.71. The molecule has 3 N–H and O–H groups in total. The summed E-state index contributed by atoms with van der Waals surface area (Å²) in [6.07, 6.45) is 1.26. The number of aromatic nitrogens is 2. The SMILES string of the molecule is Cc1cccc(-n2ncc3c(F)cc(NC(=O)[C@H]4NCC[C@@H]4O)cc32)c1. The van der Waals surface area contributed by atoms with Crippen molar-refractivity contribution in [3.8, 4) is 5.69 Å². The molecule has 1 aliphatic heterocycles. The van der Waals surface area contributed by atoms with Gasteiger partial charge in [0.1, 0.15) is 11.9 Å². The fourth-order valence-electron chi connectivity index (χ4n) is 3.30. The topological polar surface area (TPSA) is 79.2 Å². The molecule has 1 aromatic heterocycles. The molecular weight excluding hydrogens is 335 g/mol. The van der Waals surface area contributed by atoms with Crippen LogP contribution in [0.2, 0.25) is 0 Å². The summed E-state index contributed by atoms with van der Waals surface area (Å²) in [6.45, 7) is 2.55. The standard InChI is InChI=1S/C19H19FN4O2/c1-11-3-2-4-13(7-11)24-16-9-12(8-15(20)14(16)10-22-24)23-19(26)18-17(25)5-6-21-18/h2-4,7-10,17-18,21,25H,5-6H2,1H3,(H,23,26)/t17-,18-/m0/s1. The highest BCUT2D eigenvalue weighted by Gasteiger charge is 2.31. The maximum absolute atomic E-state index is 14.5. The Hall–Kier alpha value is -2.77. The number of fused-ring (bicyclic) bond motifs is 1. The third-order valence-electron chi connectivity index (χ3n) is 4.62. The number of hydrogen-bond donors (Lipinski definition) is 3. The number of anilines is 1. The van der Waals surface area contributed by atoms with Crippen LogP contribution >= 0.6 is 0 Å². The van der Waals surface area contributed by atoms with E-state index < -0.39 is 18.0 Å². The van der Waals surface area contributed by atoms with Crippen molar-refractivity contribution in [2.24, 2.45) is 0 Å². The van der Waals surface area contributed by atoms with E-state index in [0.717, 1.165) is 11.3 Å². The van der Waals surface area contributed by atoms with Gasteiger partial charge in [0.2, 0.25) is 5.91 Å². The van der Waals surface area contributed by atoms with Crippen molar-refractivity contribution in [3.63, 3.8) is 0 Å². The summed E-state index contributed by atoms with van der Waals surface area (Å²) < 4.78 is 16.1. The molecule has 0 radical (unpaired) electrons. The van der Waals surface area contributed by atoms with Crippen LogP contribution in [0.5, 0.6) is 0 Å². The number of aliphatic hydroxyl groups is 1. The smallest absolute Gasteiger partial charge is 0.244 e. The molecule has 7 heteroatoms. The van der Waals surface area contributed by atoms with Crippen LogP contribution in [-0.4, -0.2) is 39.5 Å². The van der Waals surface area contributed by atoms with Crippen LogP contribution < -0.4 is 10.6 Å². The van der Waals surface area contributed by atoms with Gasteiger partial charge in [-0.3, -0.25) is 4.79 Å². The van der Waals surface area contributed by atoms with Gasteiger partial charge in [-0.15, -0.1) is 0 Å². The number of aliphatic hydroxyl groups excluding tert-OH is 1. The quantitative estimate of drug-likeness (QED) is 0.673. The van der Waals surface area contributed by atoms with Crippen molar-refractivity contribution in [1.82, 2.24) is 15.1 Å². The van der Waals surface area contributed by atoms with Crippen LogP contribution in [0.25, 0.3) is 16.6 Å². The van der Waals surface area contributed by atoms with Gasteiger partial charge in [0.05, 0.1) is 28.9 Å². The van der Waals surface area contributed by atoms with Gasteiger partial charge >= 0.3 is 0 Å². The number of aryl methyl sites for hydroxylation is 1. The zero-order valence-electron chi connectivity index (χ0n) is 14.2. The minimum Gasteiger partial charge on any atom is -0.391 e. The van der Waals surface area contributed by atoms with Crippen LogP contribution in [0.4, 0.5) is 10.1 Å². The molecule has 2 atom stereocenters. The third-order valence-corrected chi connectivity index (χ3v) is 4.62. The Labute approximate surface area is 149 Å². The lowest BCUT2D eigenvalue weighted by Gasteiger charge is -2.15. The highest BCUT2D eigenvalue weighted by Crippen LogP contribution is 2.26. The summed E-state index contributed by atoms with van der Waals surface area (Å²) in [6, 6.07) is 10.00. The average molecular weight is 354 g/mol. The molecule has 0 saturated carbocycles. The van der Waals surface area contributed by atoms with Gasteiger partial charge in [-0.1, -0.05) is 12.1 Å². The van der Waals surface area contributed by atoms with Gasteiger partial charge in [0.15, 0.2) is 0 Å². The van der Waals surface area contributed by atoms with Gasteiger partial charge in [0.25, 0.3) is 0 Å². The fraction of sp³-hybridized carbons (Fsp3) is 0.263. The molecule has 1 amide bonds. The number of nitrogens with one attached hydrogen (secondary N) is 2. The van der Waals surface area contributed by atoms with E-state index in [1.165, 1.54) is 12.3 Å². The number of amides is 1. The van der Waals surface area contributed by atoms with Crippen molar-refractivity contribution >= 4 is 22.5 Å². The van der Waals surface area contributed by atoms with Crippen molar-refractivity contribution in [1.29, 1.82) is 0 Å². The van der Waals surface area contributed by atoms with Crippen molar-refractivity contribution in [2.75, 3.05) is 11.9 Å². The number of carbonyl (C=O) groups is 1. The first-order chi connectivity index (χ1) is 12.5. The molecular formula is C19H19FN4O2. The van der Waals surface area contributed by atoms with E-state index in [1.54, 1.807) is 10.7 Å². The maximum Gasteiger partial charge on any atom is 0.244 e. The molecule has 0 unspecified atom stereocenters. The average Bonchev–Trinajstić information content (AvgIpc) is 3.21. The van der Waals surface area contributed by atoms with E-state index >= 15 is 0 Å². The molecule has 0 spiro atoms. The first-order valence-electron chi connectivity index (χ1n) is 8.49. The summed E-state index contributed by atoms with van der Waals surface area (Å²) in [4.78, 5) is 12.3. The monoisotopic (exact) mass is 354 g/mol. The van der Waals surface area contributed by atoms with E-state index in [-0.39, 0.29) is 5.91 Å². The third kappa shape index (κ3) is 2.95. The molecule has 0 bridgehead atoms. The number of benzene rings is 2. The van der Waals surface area contributed by atoms with Crippen LogP contribution in [0.15, 0.2) is 42.6 Å². The molecule has 26 heavy (non-hydrogen) atoms. The van der Waals surface area contributed by atoms with Gasteiger partial charge in [0, 0.05) is 5.69 Å². The molecule has 0 aliphatic carbocycles. The van der Waals surface area contributed by atoms with E-state index in [1.807, 2.05) is 31.2 Å². The zero-order chi connectivity index (χ0) is 18.3. The van der Waals surface area contributed by atoms with E-state index in [4.69, 9.17) is 0 Å². The van der Waals surface area contributed by atoms with Gasteiger partial charge in [-0.25, -0.2) is 9.07 Å². The van der Waals surface area contributed by atoms with Gasteiger partial charge in [-0.05, 0) is 49.7 Å². The highest BCUT2D eigenvalue weighted by atomic mass is 19.1. The zero-order valence-corrected chi connectivity index (χ0v) is 14.2. The second kappa shape index (κ2) is 6.51. The Morgan fingerprint density at radius 3 is 2.96 bits per heavy atom. The number of hydrogen-bond acceptors (Lipinski definition) is 4. The normalized spacial score (nSPS) is 19.8. The molecule has 1 fully saturated rings. The van der Waals surface area contributed by atoms with E-state index in [0.29, 0.717) is 29.6 Å². The summed E-state index contributed by atoms with van der Waals surface area (Å²) >= 11 is 0. The molecule has 2 heterocycles. The van der Waals surface area contributed by atoms with Crippen LogP contribution in [-0.2, 0) is 4.79 Å². The summed E-state index contributed by atoms with van der Waals surface area (Å²) in [5.74, 6) is -0.841. The maximum atomic E-state index is 14.5. The molecule has 1 aliphatic rings. The van der Waals surface area contributed by atoms with Gasteiger partial charge < -0.3 is 15.7 Å². The number of rotatable bonds is 3. The Kier molecular flexibility index (Phi) is 4.18. The molecule has 4 rings (SSSR count). The lowest BCUT2D eigenvalue weighted by Crippen LogP contribution is -2.42. The fourth-order valence-corrected chi connectivity index (χ4v) is 3.30. The molecule has 1 saturated heterocycles. The summed E-state index contributed by atoms with van der Waals surface area (Å²) in [5.41, 5.74) is 2.77. The summed E-state index contributed by atoms with van der Waals surface area (Å²) in [7, 11) is 0. The van der Waals surface area contributed by atoms with Gasteiger partial charge in [-0.2, -0.15) is 5.10 Å². The Bertz CT molecular complexity index is 985. The summed E-state index contributed by atoms with van der Waals surface area (Å²) in [5, 5.41) is 20.1. The first-order valence-corrected chi connectivity index (χ1v) is 8.49. The van der Waals surface area contributed by atoms with Crippen LogP contribution in [0.3, 0.4) is 0 Å². The molecule has 134 valence electrons. The minimum atomic E-state index is -0.735. The van der Waals surface area contributed by atoms with Crippen molar-refractivity contribution in [2.45, 2.75) is 25.5 Å². The van der Waals surface area contributed by atoms with Crippen LogP contribution in [0, 0.1) is 12.7 Å². The minimum absolute atomic E-state index is 0.329. The lowest BCUT2D eigenvalue weighted by atomic mass is 10.1. The Morgan fingerprint density at radius 2 is 2.23 bits per heavy atom. The molecule has 2 aromatic carbocycles.